The molecule has 17 heavy (non-hydrogen) atoms. The highest BCUT2D eigenvalue weighted by atomic mass is 79.9. The van der Waals surface area contributed by atoms with Gasteiger partial charge in [-0.05, 0) is 18.2 Å². The van der Waals surface area contributed by atoms with Crippen molar-refractivity contribution in [2.45, 2.75) is 0 Å². The fourth-order valence-corrected chi connectivity index (χ4v) is 1.52. The van der Waals surface area contributed by atoms with Crippen LogP contribution in [0.3, 0.4) is 0 Å². The number of anilines is 1. The predicted octanol–water partition coefficient (Wildman–Crippen LogP) is 1.59. The first-order valence-corrected chi connectivity index (χ1v) is 5.39. The maximum absolute atomic E-state index is 11.8. The van der Waals surface area contributed by atoms with E-state index in [0.717, 1.165) is 0 Å². The monoisotopic (exact) mass is 294 g/mol. The van der Waals surface area contributed by atoms with Crippen molar-refractivity contribution in [1.82, 2.24) is 15.2 Å². The standard InChI is InChI=1S/C10H7BrN4O2/c11-6-1-2-8(16)7(5-6)9(17)14-10-12-3-4-13-15-10/h1-5,16H,(H,12,14,15,17). The van der Waals surface area contributed by atoms with Crippen LogP contribution in [0.2, 0.25) is 0 Å². The first-order valence-electron chi connectivity index (χ1n) is 4.60. The molecule has 0 bridgehead atoms. The van der Waals surface area contributed by atoms with Gasteiger partial charge in [0.2, 0.25) is 5.95 Å². The van der Waals surface area contributed by atoms with Gasteiger partial charge < -0.3 is 5.11 Å². The van der Waals surface area contributed by atoms with Gasteiger partial charge in [0.25, 0.3) is 5.91 Å². The fourth-order valence-electron chi connectivity index (χ4n) is 1.16. The summed E-state index contributed by atoms with van der Waals surface area (Å²) in [6.07, 6.45) is 2.80. The number of nitrogens with zero attached hydrogens (tertiary/aromatic N) is 3. The highest BCUT2D eigenvalue weighted by Crippen LogP contribution is 2.22. The zero-order valence-electron chi connectivity index (χ0n) is 8.46. The molecule has 86 valence electrons. The van der Waals surface area contributed by atoms with Gasteiger partial charge in [-0.25, -0.2) is 4.98 Å². The van der Waals surface area contributed by atoms with Crippen molar-refractivity contribution in [3.63, 3.8) is 0 Å². The van der Waals surface area contributed by atoms with E-state index >= 15 is 0 Å². The van der Waals surface area contributed by atoms with E-state index in [1.165, 1.54) is 24.5 Å². The summed E-state index contributed by atoms with van der Waals surface area (Å²) >= 11 is 3.22. The lowest BCUT2D eigenvalue weighted by Crippen LogP contribution is -2.14. The van der Waals surface area contributed by atoms with E-state index in [9.17, 15) is 9.90 Å². The molecule has 1 amide bonds. The lowest BCUT2D eigenvalue weighted by atomic mass is 10.2. The molecule has 0 unspecified atom stereocenters. The molecule has 0 saturated carbocycles. The Hall–Kier alpha value is -2.02. The molecule has 2 rings (SSSR count). The molecule has 0 radical (unpaired) electrons. The van der Waals surface area contributed by atoms with Gasteiger partial charge in [0.05, 0.1) is 18.0 Å². The first-order chi connectivity index (χ1) is 8.16. The molecule has 1 aromatic heterocycles. The number of carbonyl (C=O) groups excluding carboxylic acids is 1. The van der Waals surface area contributed by atoms with E-state index in [2.05, 4.69) is 36.4 Å². The summed E-state index contributed by atoms with van der Waals surface area (Å²) in [6, 6.07) is 4.55. The zero-order valence-corrected chi connectivity index (χ0v) is 10.0. The minimum Gasteiger partial charge on any atom is -0.507 e. The topological polar surface area (TPSA) is 88.0 Å². The third-order valence-corrected chi connectivity index (χ3v) is 2.40. The van der Waals surface area contributed by atoms with E-state index in [4.69, 9.17) is 0 Å². The SMILES string of the molecule is O=C(Nc1nccnn1)c1cc(Br)ccc1O. The molecule has 0 aliphatic carbocycles. The maximum Gasteiger partial charge on any atom is 0.261 e. The smallest absolute Gasteiger partial charge is 0.261 e. The molecular formula is C10H7BrN4O2. The molecule has 0 spiro atoms. The van der Waals surface area contributed by atoms with Crippen LogP contribution in [0.15, 0.2) is 35.1 Å². The van der Waals surface area contributed by atoms with Crippen LogP contribution in [-0.2, 0) is 0 Å². The number of aromatic nitrogens is 3. The van der Waals surface area contributed by atoms with Crippen molar-refractivity contribution >= 4 is 27.8 Å². The summed E-state index contributed by atoms with van der Waals surface area (Å²) < 4.78 is 0.688. The highest BCUT2D eigenvalue weighted by Gasteiger charge is 2.12. The Morgan fingerprint density at radius 2 is 2.18 bits per heavy atom. The second kappa shape index (κ2) is 4.88. The second-order valence-corrected chi connectivity index (χ2v) is 4.00. The first kappa shape index (κ1) is 11.5. The van der Waals surface area contributed by atoms with Crippen LogP contribution in [0.1, 0.15) is 10.4 Å². The second-order valence-electron chi connectivity index (χ2n) is 3.08. The molecule has 2 N–H and O–H groups in total. The molecule has 2 aromatic rings. The molecule has 0 saturated heterocycles. The number of halogens is 1. The Balaban J connectivity index is 2.23. The number of hydrogen-bond acceptors (Lipinski definition) is 5. The van der Waals surface area contributed by atoms with Gasteiger partial charge >= 0.3 is 0 Å². The molecule has 7 heteroatoms. The van der Waals surface area contributed by atoms with Crippen LogP contribution >= 0.6 is 15.9 Å². The summed E-state index contributed by atoms with van der Waals surface area (Å²) in [6.45, 7) is 0. The third kappa shape index (κ3) is 2.76. The number of phenols is 1. The Morgan fingerprint density at radius 3 is 2.88 bits per heavy atom. The van der Waals surface area contributed by atoms with Crippen LogP contribution < -0.4 is 5.32 Å². The van der Waals surface area contributed by atoms with E-state index in [1.54, 1.807) is 6.07 Å². The number of rotatable bonds is 2. The molecule has 0 fully saturated rings. The van der Waals surface area contributed by atoms with Gasteiger partial charge in [-0.1, -0.05) is 15.9 Å². The number of phenolic OH excluding ortho intramolecular Hbond substituents is 1. The molecule has 6 nitrogen and oxygen atoms in total. The summed E-state index contributed by atoms with van der Waals surface area (Å²) in [5.41, 5.74) is 0.131. The van der Waals surface area contributed by atoms with Crippen LogP contribution in [0, 0.1) is 0 Å². The number of aromatic hydroxyl groups is 1. The number of hydrogen-bond donors (Lipinski definition) is 2. The largest absolute Gasteiger partial charge is 0.507 e. The minimum atomic E-state index is -0.503. The third-order valence-electron chi connectivity index (χ3n) is 1.91. The van der Waals surface area contributed by atoms with Crippen LogP contribution in [0.25, 0.3) is 0 Å². The Morgan fingerprint density at radius 1 is 1.35 bits per heavy atom. The van der Waals surface area contributed by atoms with Crippen molar-refractivity contribution in [3.05, 3.63) is 40.6 Å². The Bertz CT molecular complexity index is 547. The highest BCUT2D eigenvalue weighted by molar-refractivity contribution is 9.10. The number of nitrogens with one attached hydrogen (secondary N) is 1. The van der Waals surface area contributed by atoms with Crippen LogP contribution in [-0.4, -0.2) is 26.2 Å². The molecule has 0 aliphatic rings. The molecule has 1 heterocycles. The molecule has 0 atom stereocenters. The van der Waals surface area contributed by atoms with Gasteiger partial charge in [-0.2, -0.15) is 5.10 Å². The predicted molar refractivity (Wildman–Crippen MR) is 63.6 cm³/mol. The van der Waals surface area contributed by atoms with Crippen molar-refractivity contribution in [2.75, 3.05) is 5.32 Å². The summed E-state index contributed by atoms with van der Waals surface area (Å²) in [5, 5.41) is 19.1. The fraction of sp³-hybridized carbons (Fsp3) is 0. The summed E-state index contributed by atoms with van der Waals surface area (Å²) in [7, 11) is 0. The van der Waals surface area contributed by atoms with Crippen molar-refractivity contribution in [1.29, 1.82) is 0 Å². The lowest BCUT2D eigenvalue weighted by molar-refractivity contribution is 0.102. The van der Waals surface area contributed by atoms with E-state index in [0.29, 0.717) is 4.47 Å². The zero-order chi connectivity index (χ0) is 12.3. The van der Waals surface area contributed by atoms with Crippen LogP contribution in [0.5, 0.6) is 5.75 Å². The Kier molecular flexibility index (Phi) is 3.29. The summed E-state index contributed by atoms with van der Waals surface area (Å²) in [5.74, 6) is -0.539. The average molecular weight is 295 g/mol. The minimum absolute atomic E-state index is 0.0804. The van der Waals surface area contributed by atoms with Crippen molar-refractivity contribution < 1.29 is 9.90 Å². The van der Waals surface area contributed by atoms with E-state index < -0.39 is 5.91 Å². The normalized spacial score (nSPS) is 9.94. The van der Waals surface area contributed by atoms with Crippen LogP contribution in [0.4, 0.5) is 5.95 Å². The molecular weight excluding hydrogens is 288 g/mol. The van der Waals surface area contributed by atoms with Crippen molar-refractivity contribution in [2.24, 2.45) is 0 Å². The van der Waals surface area contributed by atoms with Crippen molar-refractivity contribution in [3.8, 4) is 5.75 Å². The number of amides is 1. The lowest BCUT2D eigenvalue weighted by Gasteiger charge is -2.05. The van der Waals surface area contributed by atoms with E-state index in [-0.39, 0.29) is 17.3 Å². The van der Waals surface area contributed by atoms with Gasteiger partial charge in [-0.3, -0.25) is 10.1 Å². The van der Waals surface area contributed by atoms with Gasteiger partial charge in [0.15, 0.2) is 0 Å². The maximum atomic E-state index is 11.8. The molecule has 0 aliphatic heterocycles. The number of carbonyl (C=O) groups is 1. The molecule has 1 aromatic carbocycles. The average Bonchev–Trinajstić information content (AvgIpc) is 2.33. The van der Waals surface area contributed by atoms with Gasteiger partial charge in [0.1, 0.15) is 5.75 Å². The van der Waals surface area contributed by atoms with E-state index in [1.807, 2.05) is 0 Å². The quantitative estimate of drug-likeness (QED) is 0.878. The summed E-state index contributed by atoms with van der Waals surface area (Å²) in [4.78, 5) is 15.6. The van der Waals surface area contributed by atoms with Gasteiger partial charge in [0, 0.05) is 4.47 Å². The van der Waals surface area contributed by atoms with Gasteiger partial charge in [-0.15, -0.1) is 5.10 Å². The Labute approximate surface area is 105 Å². The number of benzene rings is 1.